The lowest BCUT2D eigenvalue weighted by Gasteiger charge is -2.25. The molecule has 0 unspecified atom stereocenters. The lowest BCUT2D eigenvalue weighted by molar-refractivity contribution is -0.192. The Balaban J connectivity index is 1.26. The fourth-order valence-corrected chi connectivity index (χ4v) is 5.54. The van der Waals surface area contributed by atoms with E-state index < -0.39 is 29.1 Å². The molecule has 3 aliphatic rings. The first-order valence-electron chi connectivity index (χ1n) is 10.4. The molecular formula is C21H22F5N3O. The predicted molar refractivity (Wildman–Crippen MR) is 98.3 cm³/mol. The molecule has 0 aliphatic heterocycles. The van der Waals surface area contributed by atoms with E-state index in [0.29, 0.717) is 29.3 Å². The first-order valence-corrected chi connectivity index (χ1v) is 10.4. The number of nitrogens with zero attached hydrogens (tertiary/aromatic N) is 2. The van der Waals surface area contributed by atoms with E-state index in [1.165, 1.54) is 0 Å². The first kappa shape index (κ1) is 19.8. The second kappa shape index (κ2) is 6.40. The summed E-state index contributed by atoms with van der Waals surface area (Å²) in [4.78, 5) is 16.5. The molecule has 1 aromatic heterocycles. The van der Waals surface area contributed by atoms with Crippen molar-refractivity contribution < 1.29 is 26.7 Å². The molecule has 5 atom stereocenters. The SMILES string of the molecule is CC[C@@H](NC(=O)C1(C(F)(F)F)CC1)[C@H]1[C@@H]2C[C@@H](n3cnc4cc(F)c(F)cc43)C[C@@H]21. The van der Waals surface area contributed by atoms with Gasteiger partial charge in [0, 0.05) is 24.2 Å². The Hall–Kier alpha value is -2.19. The zero-order valence-corrected chi connectivity index (χ0v) is 16.3. The average Bonchev–Trinajstić information content (AvgIpc) is 3.54. The number of hydrogen-bond donors (Lipinski definition) is 1. The maximum Gasteiger partial charge on any atom is 0.403 e. The quantitative estimate of drug-likeness (QED) is 0.701. The van der Waals surface area contributed by atoms with E-state index in [0.717, 1.165) is 25.0 Å². The third-order valence-corrected chi connectivity index (χ3v) is 7.44. The molecule has 1 aromatic carbocycles. The van der Waals surface area contributed by atoms with Gasteiger partial charge in [0.2, 0.25) is 5.91 Å². The van der Waals surface area contributed by atoms with Gasteiger partial charge in [-0.3, -0.25) is 4.79 Å². The minimum absolute atomic E-state index is 0.0873. The van der Waals surface area contributed by atoms with Crippen molar-refractivity contribution in [2.45, 2.75) is 57.3 Å². The zero-order chi connectivity index (χ0) is 21.4. The summed E-state index contributed by atoms with van der Waals surface area (Å²) in [6.45, 7) is 1.88. The van der Waals surface area contributed by atoms with Gasteiger partial charge in [-0.15, -0.1) is 0 Å². The van der Waals surface area contributed by atoms with Crippen LogP contribution in [0, 0.1) is 34.8 Å². The summed E-state index contributed by atoms with van der Waals surface area (Å²) >= 11 is 0. The fraction of sp³-hybridized carbons (Fsp3) is 0.619. The Bertz CT molecular complexity index is 1000. The Morgan fingerprint density at radius 3 is 2.43 bits per heavy atom. The maximum absolute atomic E-state index is 13.7. The number of alkyl halides is 3. The third-order valence-electron chi connectivity index (χ3n) is 7.44. The Morgan fingerprint density at radius 1 is 1.23 bits per heavy atom. The van der Waals surface area contributed by atoms with Gasteiger partial charge in [0.1, 0.15) is 5.41 Å². The van der Waals surface area contributed by atoms with E-state index in [9.17, 15) is 26.7 Å². The minimum atomic E-state index is -4.50. The third kappa shape index (κ3) is 2.84. The highest BCUT2D eigenvalue weighted by Crippen LogP contribution is 2.63. The lowest BCUT2D eigenvalue weighted by atomic mass is 9.97. The van der Waals surface area contributed by atoms with Gasteiger partial charge in [-0.2, -0.15) is 13.2 Å². The molecule has 0 saturated heterocycles. The molecule has 1 amide bonds. The molecule has 1 heterocycles. The molecule has 9 heteroatoms. The molecular weight excluding hydrogens is 405 g/mol. The van der Waals surface area contributed by atoms with Crippen LogP contribution >= 0.6 is 0 Å². The Labute approximate surface area is 169 Å². The van der Waals surface area contributed by atoms with Crippen molar-refractivity contribution in [3.05, 3.63) is 30.1 Å². The van der Waals surface area contributed by atoms with E-state index in [1.54, 1.807) is 6.33 Å². The molecule has 162 valence electrons. The second-order valence-corrected chi connectivity index (χ2v) is 9.01. The summed E-state index contributed by atoms with van der Waals surface area (Å²) in [6, 6.07) is 2.06. The minimum Gasteiger partial charge on any atom is -0.352 e. The molecule has 0 bridgehead atoms. The molecule has 2 aromatic rings. The number of benzene rings is 1. The van der Waals surface area contributed by atoms with E-state index in [1.807, 2.05) is 11.5 Å². The van der Waals surface area contributed by atoms with Crippen LogP contribution < -0.4 is 5.32 Å². The summed E-state index contributed by atoms with van der Waals surface area (Å²) < 4.78 is 68.6. The van der Waals surface area contributed by atoms with Crippen molar-refractivity contribution in [3.8, 4) is 0 Å². The fourth-order valence-electron chi connectivity index (χ4n) is 5.54. The Kier molecular flexibility index (Phi) is 4.22. The van der Waals surface area contributed by atoms with Crippen LogP contribution in [0.2, 0.25) is 0 Å². The average molecular weight is 427 g/mol. The number of hydrogen-bond acceptors (Lipinski definition) is 2. The molecule has 30 heavy (non-hydrogen) atoms. The lowest BCUT2D eigenvalue weighted by Crippen LogP contribution is -2.46. The number of rotatable bonds is 5. The topological polar surface area (TPSA) is 46.9 Å². The number of halogens is 5. The van der Waals surface area contributed by atoms with Crippen molar-refractivity contribution >= 4 is 16.9 Å². The maximum atomic E-state index is 13.7. The van der Waals surface area contributed by atoms with Gasteiger partial charge < -0.3 is 9.88 Å². The van der Waals surface area contributed by atoms with Crippen LogP contribution in [0.15, 0.2) is 18.5 Å². The van der Waals surface area contributed by atoms with E-state index in [4.69, 9.17) is 0 Å². The van der Waals surface area contributed by atoms with Gasteiger partial charge in [-0.25, -0.2) is 13.8 Å². The highest BCUT2D eigenvalue weighted by molar-refractivity contribution is 5.86. The normalized spacial score (nSPS) is 30.2. The van der Waals surface area contributed by atoms with E-state index in [-0.39, 0.29) is 30.8 Å². The van der Waals surface area contributed by atoms with Crippen LogP contribution in [-0.2, 0) is 4.79 Å². The van der Waals surface area contributed by atoms with Crippen LogP contribution in [0.4, 0.5) is 22.0 Å². The molecule has 0 spiro atoms. The van der Waals surface area contributed by atoms with Crippen molar-refractivity contribution in [1.82, 2.24) is 14.9 Å². The predicted octanol–water partition coefficient (Wildman–Crippen LogP) is 4.75. The summed E-state index contributed by atoms with van der Waals surface area (Å²) in [6.07, 6.45) is -1.02. The number of fused-ring (bicyclic) bond motifs is 2. The van der Waals surface area contributed by atoms with Crippen molar-refractivity contribution in [3.63, 3.8) is 0 Å². The number of carbonyl (C=O) groups is 1. The summed E-state index contributed by atoms with van der Waals surface area (Å²) in [5.41, 5.74) is -1.26. The second-order valence-electron chi connectivity index (χ2n) is 9.01. The van der Waals surface area contributed by atoms with Gasteiger partial charge in [0.15, 0.2) is 11.6 Å². The van der Waals surface area contributed by atoms with Crippen LogP contribution in [0.5, 0.6) is 0 Å². The van der Waals surface area contributed by atoms with Crippen LogP contribution in [-0.4, -0.2) is 27.7 Å². The van der Waals surface area contributed by atoms with Gasteiger partial charge in [0.05, 0.1) is 17.4 Å². The number of imidazole rings is 1. The number of aromatic nitrogens is 2. The largest absolute Gasteiger partial charge is 0.403 e. The first-order chi connectivity index (χ1) is 14.2. The monoisotopic (exact) mass is 427 g/mol. The van der Waals surface area contributed by atoms with Crippen molar-refractivity contribution in [2.24, 2.45) is 23.2 Å². The van der Waals surface area contributed by atoms with Crippen LogP contribution in [0.3, 0.4) is 0 Å². The molecule has 3 aliphatic carbocycles. The molecule has 4 nitrogen and oxygen atoms in total. The smallest absolute Gasteiger partial charge is 0.352 e. The molecule has 5 rings (SSSR count). The van der Waals surface area contributed by atoms with Gasteiger partial charge in [0.25, 0.3) is 0 Å². The molecule has 3 fully saturated rings. The highest BCUT2D eigenvalue weighted by atomic mass is 19.4. The van der Waals surface area contributed by atoms with Crippen LogP contribution in [0.25, 0.3) is 11.0 Å². The van der Waals surface area contributed by atoms with Crippen molar-refractivity contribution in [2.75, 3.05) is 0 Å². The van der Waals surface area contributed by atoms with E-state index >= 15 is 0 Å². The highest BCUT2D eigenvalue weighted by Gasteiger charge is 2.69. The number of nitrogens with one attached hydrogen (secondary N) is 1. The molecule has 3 saturated carbocycles. The number of amides is 1. The summed E-state index contributed by atoms with van der Waals surface area (Å²) in [7, 11) is 0. The Morgan fingerprint density at radius 2 is 1.87 bits per heavy atom. The van der Waals surface area contributed by atoms with Crippen molar-refractivity contribution in [1.29, 1.82) is 0 Å². The van der Waals surface area contributed by atoms with E-state index in [2.05, 4.69) is 10.3 Å². The summed E-state index contributed by atoms with van der Waals surface area (Å²) in [5, 5.41) is 2.69. The zero-order valence-electron chi connectivity index (χ0n) is 16.3. The molecule has 1 N–H and O–H groups in total. The molecule has 0 radical (unpaired) electrons. The number of carbonyl (C=O) groups excluding carboxylic acids is 1. The van der Waals surface area contributed by atoms with Gasteiger partial charge in [-0.1, -0.05) is 6.92 Å². The standard InChI is InChI=1S/C21H22F5N3O/c1-2-15(28-19(30)20(3-4-20)21(24,25)26)18-11-5-10(6-12(11)18)29-9-27-16-7-13(22)14(23)8-17(16)29/h7-12,15,18H,2-6H2,1H3,(H,28,30)/t10-,11-,12+,15-,18+/m1/s1. The van der Waals surface area contributed by atoms with Gasteiger partial charge in [-0.05, 0) is 49.9 Å². The van der Waals surface area contributed by atoms with Crippen LogP contribution in [0.1, 0.15) is 45.1 Å². The van der Waals surface area contributed by atoms with Gasteiger partial charge >= 0.3 is 6.18 Å². The summed E-state index contributed by atoms with van der Waals surface area (Å²) in [5.74, 6) is -1.95.